The molecular formula is C26H33F4NO. The minimum Gasteiger partial charge on any atom is -0.355 e. The summed E-state index contributed by atoms with van der Waals surface area (Å²) >= 11 is 0. The van der Waals surface area contributed by atoms with E-state index in [0.29, 0.717) is 24.0 Å². The van der Waals surface area contributed by atoms with E-state index in [1.165, 1.54) is 12.1 Å². The molecule has 0 heterocycles. The van der Waals surface area contributed by atoms with E-state index in [0.717, 1.165) is 44.2 Å². The van der Waals surface area contributed by atoms with Crippen molar-refractivity contribution < 1.29 is 22.4 Å². The number of carbonyl (C=O) groups excluding carboxylic acids is 1. The van der Waals surface area contributed by atoms with Crippen LogP contribution >= 0.6 is 0 Å². The molecule has 1 amide bonds. The lowest BCUT2D eigenvalue weighted by molar-refractivity contribution is -0.137. The average molecular weight is 452 g/mol. The van der Waals surface area contributed by atoms with Crippen molar-refractivity contribution in [2.45, 2.75) is 76.8 Å². The van der Waals surface area contributed by atoms with E-state index >= 15 is 0 Å². The van der Waals surface area contributed by atoms with E-state index in [9.17, 15) is 22.4 Å². The highest BCUT2D eigenvalue weighted by Crippen LogP contribution is 2.39. The fourth-order valence-electron chi connectivity index (χ4n) is 4.37. The fraction of sp³-hybridized carbons (Fsp3) is 0.500. The Morgan fingerprint density at radius 1 is 0.938 bits per heavy atom. The van der Waals surface area contributed by atoms with Crippen LogP contribution in [0.5, 0.6) is 0 Å². The number of rotatable bonds is 5. The lowest BCUT2D eigenvalue weighted by Gasteiger charge is -2.35. The number of halogens is 4. The van der Waals surface area contributed by atoms with Gasteiger partial charge in [-0.3, -0.25) is 4.79 Å². The maximum Gasteiger partial charge on any atom is 0.416 e. The third-order valence-electron chi connectivity index (χ3n) is 5.98. The second-order valence-corrected chi connectivity index (χ2v) is 8.03. The molecule has 0 bridgehead atoms. The standard InChI is InChI=1S/C24H27F4NO.C2H6/c25-21-12-5-4-11-20(21)23(14-6-2-1-3-7-15-23)22(30)29-16-13-18-9-8-10-19(17-18)24(26,27)28;1-2/h4-5,8-12,17H,1-3,6-7,13-16H2,(H,29,30);1-2H3. The molecule has 0 radical (unpaired) electrons. The zero-order chi connectivity index (χ0) is 23.6. The Bertz CT molecular complexity index is 855. The number of hydrogen-bond acceptors (Lipinski definition) is 1. The van der Waals surface area contributed by atoms with Crippen LogP contribution in [0.2, 0.25) is 0 Å². The zero-order valence-corrected chi connectivity index (χ0v) is 18.9. The van der Waals surface area contributed by atoms with E-state index in [4.69, 9.17) is 0 Å². The molecule has 0 atom stereocenters. The fourth-order valence-corrected chi connectivity index (χ4v) is 4.37. The molecule has 2 aromatic carbocycles. The smallest absolute Gasteiger partial charge is 0.355 e. The van der Waals surface area contributed by atoms with Gasteiger partial charge >= 0.3 is 6.18 Å². The van der Waals surface area contributed by atoms with Gasteiger partial charge in [0.1, 0.15) is 5.82 Å². The predicted molar refractivity (Wildman–Crippen MR) is 120 cm³/mol. The molecule has 0 unspecified atom stereocenters. The van der Waals surface area contributed by atoms with Gasteiger partial charge in [0.2, 0.25) is 5.91 Å². The first-order valence-corrected chi connectivity index (χ1v) is 11.5. The first-order chi connectivity index (χ1) is 15.3. The van der Waals surface area contributed by atoms with Crippen molar-refractivity contribution in [3.63, 3.8) is 0 Å². The van der Waals surface area contributed by atoms with Gasteiger partial charge < -0.3 is 5.32 Å². The summed E-state index contributed by atoms with van der Waals surface area (Å²) in [6.07, 6.45) is 1.85. The number of amides is 1. The molecule has 0 spiro atoms. The molecule has 1 fully saturated rings. The van der Waals surface area contributed by atoms with Gasteiger partial charge in [0.05, 0.1) is 11.0 Å². The van der Waals surface area contributed by atoms with Crippen molar-refractivity contribution in [1.82, 2.24) is 5.32 Å². The van der Waals surface area contributed by atoms with Gasteiger partial charge in [0, 0.05) is 12.1 Å². The first kappa shape index (κ1) is 25.9. The highest BCUT2D eigenvalue weighted by Gasteiger charge is 2.41. The molecule has 2 aromatic rings. The van der Waals surface area contributed by atoms with Gasteiger partial charge in [0.25, 0.3) is 0 Å². The molecule has 1 aliphatic carbocycles. The molecule has 32 heavy (non-hydrogen) atoms. The molecule has 1 saturated carbocycles. The molecule has 0 aromatic heterocycles. The van der Waals surface area contributed by atoms with E-state index in [2.05, 4.69) is 5.32 Å². The van der Waals surface area contributed by atoms with Crippen LogP contribution in [-0.2, 0) is 22.8 Å². The molecule has 3 rings (SSSR count). The number of alkyl halides is 3. The molecule has 1 N–H and O–H groups in total. The topological polar surface area (TPSA) is 29.1 Å². The van der Waals surface area contributed by atoms with Gasteiger partial charge in [-0.15, -0.1) is 0 Å². The Morgan fingerprint density at radius 3 is 2.19 bits per heavy atom. The summed E-state index contributed by atoms with van der Waals surface area (Å²) in [6.45, 7) is 4.20. The van der Waals surface area contributed by atoms with Crippen LogP contribution in [0.15, 0.2) is 48.5 Å². The normalized spacial score (nSPS) is 16.2. The summed E-state index contributed by atoms with van der Waals surface area (Å²) in [4.78, 5) is 13.3. The molecule has 0 saturated heterocycles. The molecule has 176 valence electrons. The van der Waals surface area contributed by atoms with Crippen LogP contribution in [0.1, 0.15) is 75.5 Å². The third-order valence-corrected chi connectivity index (χ3v) is 5.98. The van der Waals surface area contributed by atoms with Crippen LogP contribution in [0.4, 0.5) is 17.6 Å². The molecular weight excluding hydrogens is 418 g/mol. The maximum absolute atomic E-state index is 14.7. The van der Waals surface area contributed by atoms with Crippen molar-refractivity contribution in [2.24, 2.45) is 0 Å². The molecule has 1 aliphatic rings. The molecule has 0 aliphatic heterocycles. The van der Waals surface area contributed by atoms with Gasteiger partial charge in [-0.05, 0) is 37.0 Å². The second-order valence-electron chi connectivity index (χ2n) is 8.03. The van der Waals surface area contributed by atoms with Gasteiger partial charge in [0.15, 0.2) is 0 Å². The SMILES string of the molecule is CC.O=C(NCCc1cccc(C(F)(F)F)c1)C1(c2ccccc2F)CCCCCCC1. The van der Waals surface area contributed by atoms with E-state index in [-0.39, 0.29) is 24.7 Å². The van der Waals surface area contributed by atoms with Gasteiger partial charge in [-0.1, -0.05) is 82.3 Å². The van der Waals surface area contributed by atoms with Crippen LogP contribution in [0.25, 0.3) is 0 Å². The summed E-state index contributed by atoms with van der Waals surface area (Å²) in [5.74, 6) is -0.618. The summed E-state index contributed by atoms with van der Waals surface area (Å²) in [6, 6.07) is 11.5. The van der Waals surface area contributed by atoms with Crippen LogP contribution in [0.3, 0.4) is 0 Å². The maximum atomic E-state index is 14.7. The van der Waals surface area contributed by atoms with Crippen molar-refractivity contribution in [3.05, 3.63) is 71.0 Å². The van der Waals surface area contributed by atoms with Crippen LogP contribution in [-0.4, -0.2) is 12.5 Å². The minimum atomic E-state index is -4.40. The van der Waals surface area contributed by atoms with E-state index in [1.807, 2.05) is 13.8 Å². The van der Waals surface area contributed by atoms with Crippen molar-refractivity contribution >= 4 is 5.91 Å². The van der Waals surface area contributed by atoms with Gasteiger partial charge in [-0.25, -0.2) is 4.39 Å². The lowest BCUT2D eigenvalue weighted by Crippen LogP contribution is -2.46. The van der Waals surface area contributed by atoms with E-state index in [1.54, 1.807) is 24.3 Å². The Morgan fingerprint density at radius 2 is 1.56 bits per heavy atom. The van der Waals surface area contributed by atoms with Gasteiger partial charge in [-0.2, -0.15) is 13.2 Å². The number of benzene rings is 2. The van der Waals surface area contributed by atoms with Crippen LogP contribution < -0.4 is 5.32 Å². The van der Waals surface area contributed by atoms with Crippen molar-refractivity contribution in [2.75, 3.05) is 6.54 Å². The monoisotopic (exact) mass is 451 g/mol. The summed E-state index contributed by atoms with van der Waals surface area (Å²) in [5.41, 5.74) is -0.708. The largest absolute Gasteiger partial charge is 0.416 e. The van der Waals surface area contributed by atoms with E-state index < -0.39 is 17.2 Å². The summed E-state index contributed by atoms with van der Waals surface area (Å²) in [7, 11) is 0. The first-order valence-electron chi connectivity index (χ1n) is 11.5. The number of nitrogens with one attached hydrogen (secondary N) is 1. The zero-order valence-electron chi connectivity index (χ0n) is 18.9. The Labute approximate surface area is 188 Å². The van der Waals surface area contributed by atoms with Crippen LogP contribution in [0, 0.1) is 5.82 Å². The highest BCUT2D eigenvalue weighted by molar-refractivity contribution is 5.88. The number of hydrogen-bond donors (Lipinski definition) is 1. The Hall–Kier alpha value is -2.37. The summed E-state index contributed by atoms with van der Waals surface area (Å²) < 4.78 is 53.4. The second kappa shape index (κ2) is 12.0. The molecule has 2 nitrogen and oxygen atoms in total. The Kier molecular flexibility index (Phi) is 9.73. The average Bonchev–Trinajstić information content (AvgIpc) is 2.76. The van der Waals surface area contributed by atoms with Crippen molar-refractivity contribution in [1.29, 1.82) is 0 Å². The lowest BCUT2D eigenvalue weighted by atomic mass is 9.70. The summed E-state index contributed by atoms with van der Waals surface area (Å²) in [5, 5.41) is 2.89. The number of carbonyl (C=O) groups is 1. The van der Waals surface area contributed by atoms with Crippen molar-refractivity contribution in [3.8, 4) is 0 Å². The molecule has 6 heteroatoms. The minimum absolute atomic E-state index is 0.205. The highest BCUT2D eigenvalue weighted by atomic mass is 19.4. The quantitative estimate of drug-likeness (QED) is 0.478. The third kappa shape index (κ3) is 6.57. The Balaban J connectivity index is 0.00000176. The predicted octanol–water partition coefficient (Wildman–Crippen LogP) is 7.21.